The fraction of sp³-hybridized carbons (Fsp3) is 0.571. The van der Waals surface area contributed by atoms with Gasteiger partial charge in [-0.05, 0) is 43.0 Å². The molecule has 0 saturated heterocycles. The summed E-state index contributed by atoms with van der Waals surface area (Å²) in [5.41, 5.74) is 0.823. The van der Waals surface area contributed by atoms with Crippen LogP contribution in [-0.4, -0.2) is 7.05 Å². The third-order valence-electron chi connectivity index (χ3n) is 3.95. The number of rotatable bonds is 3. The second-order valence-electron chi connectivity index (χ2n) is 5.29. The average molecular weight is 239 g/mol. The Kier molecular flexibility index (Phi) is 3.48. The van der Waals surface area contributed by atoms with Gasteiger partial charge in [-0.2, -0.15) is 0 Å². The third kappa shape index (κ3) is 2.49. The van der Waals surface area contributed by atoms with Gasteiger partial charge in [-0.15, -0.1) is 0 Å². The minimum atomic E-state index is -0.498. The van der Waals surface area contributed by atoms with Gasteiger partial charge in [-0.1, -0.05) is 19.8 Å². The first-order valence-electron chi connectivity index (χ1n) is 6.18. The Morgan fingerprint density at radius 3 is 2.12 bits per heavy atom. The van der Waals surface area contributed by atoms with Crippen LogP contribution in [0.4, 0.5) is 8.78 Å². The normalized spacial score (nSPS) is 20.5. The molecule has 0 amide bonds. The SMILES string of the molecule is CNC(c1cc(F)cc(F)c1)C1(C)CCCC1. The molecular formula is C14H19F2N. The number of nitrogens with one attached hydrogen (secondary N) is 1. The molecule has 0 heterocycles. The molecule has 1 aromatic rings. The minimum Gasteiger partial charge on any atom is -0.313 e. The van der Waals surface area contributed by atoms with E-state index in [4.69, 9.17) is 0 Å². The van der Waals surface area contributed by atoms with Crippen molar-refractivity contribution < 1.29 is 8.78 Å². The molecule has 0 bridgehead atoms. The molecule has 1 N–H and O–H groups in total. The van der Waals surface area contributed by atoms with E-state index in [2.05, 4.69) is 12.2 Å². The maximum Gasteiger partial charge on any atom is 0.126 e. The molecule has 1 nitrogen and oxygen atoms in total. The fourth-order valence-corrected chi connectivity index (χ4v) is 3.13. The highest BCUT2D eigenvalue weighted by atomic mass is 19.1. The van der Waals surface area contributed by atoms with Crippen LogP contribution in [0.5, 0.6) is 0 Å². The predicted molar refractivity (Wildman–Crippen MR) is 64.7 cm³/mol. The van der Waals surface area contributed by atoms with Crippen molar-refractivity contribution in [2.24, 2.45) is 5.41 Å². The molecule has 1 fully saturated rings. The average Bonchev–Trinajstić information content (AvgIpc) is 2.65. The van der Waals surface area contributed by atoms with Crippen LogP contribution in [0.3, 0.4) is 0 Å². The summed E-state index contributed by atoms with van der Waals surface area (Å²) in [6.45, 7) is 2.20. The zero-order chi connectivity index (χ0) is 12.5. The van der Waals surface area contributed by atoms with E-state index in [0.29, 0.717) is 0 Å². The zero-order valence-corrected chi connectivity index (χ0v) is 10.4. The van der Waals surface area contributed by atoms with Gasteiger partial charge in [0, 0.05) is 12.1 Å². The van der Waals surface area contributed by atoms with Crippen LogP contribution in [0, 0.1) is 17.0 Å². The van der Waals surface area contributed by atoms with Crippen molar-refractivity contribution in [2.75, 3.05) is 7.05 Å². The van der Waals surface area contributed by atoms with Crippen LogP contribution in [0.25, 0.3) is 0 Å². The lowest BCUT2D eigenvalue weighted by molar-refractivity contribution is 0.233. The molecule has 0 radical (unpaired) electrons. The van der Waals surface area contributed by atoms with Crippen molar-refractivity contribution in [3.8, 4) is 0 Å². The van der Waals surface area contributed by atoms with Gasteiger partial charge >= 0.3 is 0 Å². The van der Waals surface area contributed by atoms with E-state index >= 15 is 0 Å². The molecule has 0 spiro atoms. The second kappa shape index (κ2) is 4.73. The van der Waals surface area contributed by atoms with E-state index in [1.165, 1.54) is 25.0 Å². The monoisotopic (exact) mass is 239 g/mol. The maximum atomic E-state index is 13.3. The molecule has 1 aromatic carbocycles. The zero-order valence-electron chi connectivity index (χ0n) is 10.4. The molecular weight excluding hydrogens is 220 g/mol. The summed E-state index contributed by atoms with van der Waals surface area (Å²) >= 11 is 0. The van der Waals surface area contributed by atoms with Gasteiger partial charge in [0.1, 0.15) is 11.6 Å². The lowest BCUT2D eigenvalue weighted by atomic mass is 9.77. The lowest BCUT2D eigenvalue weighted by Gasteiger charge is -2.34. The van der Waals surface area contributed by atoms with Crippen LogP contribution in [0.2, 0.25) is 0 Å². The van der Waals surface area contributed by atoms with Gasteiger partial charge in [0.15, 0.2) is 0 Å². The minimum absolute atomic E-state index is 0.0233. The first kappa shape index (κ1) is 12.5. The highest BCUT2D eigenvalue weighted by Gasteiger charge is 2.37. The van der Waals surface area contributed by atoms with E-state index < -0.39 is 11.6 Å². The molecule has 1 unspecified atom stereocenters. The van der Waals surface area contributed by atoms with Crippen molar-refractivity contribution in [2.45, 2.75) is 38.6 Å². The summed E-state index contributed by atoms with van der Waals surface area (Å²) in [4.78, 5) is 0. The topological polar surface area (TPSA) is 12.0 Å². The van der Waals surface area contributed by atoms with E-state index in [1.807, 2.05) is 7.05 Å². The molecule has 1 aliphatic rings. The molecule has 1 saturated carbocycles. The highest BCUT2D eigenvalue weighted by Crippen LogP contribution is 2.47. The smallest absolute Gasteiger partial charge is 0.126 e. The summed E-state index contributed by atoms with van der Waals surface area (Å²) < 4.78 is 26.5. The van der Waals surface area contributed by atoms with E-state index in [-0.39, 0.29) is 11.5 Å². The Morgan fingerprint density at radius 1 is 1.12 bits per heavy atom. The Hall–Kier alpha value is -0.960. The third-order valence-corrected chi connectivity index (χ3v) is 3.95. The van der Waals surface area contributed by atoms with Crippen LogP contribution < -0.4 is 5.32 Å². The van der Waals surface area contributed by atoms with Crippen molar-refractivity contribution in [3.63, 3.8) is 0 Å². The highest BCUT2D eigenvalue weighted by molar-refractivity contribution is 5.23. The number of hydrogen-bond acceptors (Lipinski definition) is 1. The summed E-state index contributed by atoms with van der Waals surface area (Å²) in [5.74, 6) is -0.997. The van der Waals surface area contributed by atoms with Gasteiger partial charge in [0.2, 0.25) is 0 Å². The van der Waals surface area contributed by atoms with Gasteiger partial charge in [0.05, 0.1) is 0 Å². The van der Waals surface area contributed by atoms with Crippen molar-refractivity contribution >= 4 is 0 Å². The maximum absolute atomic E-state index is 13.3. The van der Waals surface area contributed by atoms with Gasteiger partial charge in [-0.3, -0.25) is 0 Å². The molecule has 0 aliphatic heterocycles. The number of benzene rings is 1. The van der Waals surface area contributed by atoms with E-state index in [9.17, 15) is 8.78 Å². The number of halogens is 2. The van der Waals surface area contributed by atoms with Crippen molar-refractivity contribution in [1.29, 1.82) is 0 Å². The van der Waals surface area contributed by atoms with Crippen molar-refractivity contribution in [1.82, 2.24) is 5.32 Å². The summed E-state index contributed by atoms with van der Waals surface area (Å²) in [6.07, 6.45) is 4.62. The Bertz CT molecular complexity index is 377. The molecule has 1 aliphatic carbocycles. The van der Waals surface area contributed by atoms with Crippen molar-refractivity contribution in [3.05, 3.63) is 35.4 Å². The standard InChI is InChI=1S/C14H19F2N/c1-14(5-3-4-6-14)13(17-2)10-7-11(15)9-12(16)8-10/h7-9,13,17H,3-6H2,1-2H3. The first-order valence-corrected chi connectivity index (χ1v) is 6.18. The lowest BCUT2D eigenvalue weighted by Crippen LogP contribution is -2.32. The summed E-state index contributed by atoms with van der Waals surface area (Å²) in [5, 5.41) is 3.22. The van der Waals surface area contributed by atoms with Crippen LogP contribution in [0.1, 0.15) is 44.2 Å². The van der Waals surface area contributed by atoms with Crippen LogP contribution in [0.15, 0.2) is 18.2 Å². The fourth-order valence-electron chi connectivity index (χ4n) is 3.13. The van der Waals surface area contributed by atoms with E-state index in [0.717, 1.165) is 24.5 Å². The Morgan fingerprint density at radius 2 is 1.65 bits per heavy atom. The van der Waals surface area contributed by atoms with Gasteiger partial charge < -0.3 is 5.32 Å². The second-order valence-corrected chi connectivity index (χ2v) is 5.29. The Labute approximate surface area is 101 Å². The van der Waals surface area contributed by atoms with Gasteiger partial charge in [-0.25, -0.2) is 8.78 Å². The van der Waals surface area contributed by atoms with E-state index in [1.54, 1.807) is 0 Å². The van der Waals surface area contributed by atoms with Crippen LogP contribution >= 0.6 is 0 Å². The molecule has 1 atom stereocenters. The van der Waals surface area contributed by atoms with Crippen LogP contribution in [-0.2, 0) is 0 Å². The first-order chi connectivity index (χ1) is 8.05. The number of hydrogen-bond donors (Lipinski definition) is 1. The van der Waals surface area contributed by atoms with Gasteiger partial charge in [0.25, 0.3) is 0 Å². The molecule has 3 heteroatoms. The summed E-state index contributed by atoms with van der Waals surface area (Å²) in [7, 11) is 1.86. The molecule has 94 valence electrons. The predicted octanol–water partition coefficient (Wildman–Crippen LogP) is 3.81. The molecule has 2 rings (SSSR count). The quantitative estimate of drug-likeness (QED) is 0.845. The largest absolute Gasteiger partial charge is 0.313 e. The Balaban J connectivity index is 2.34. The molecule has 0 aromatic heterocycles. The molecule has 17 heavy (non-hydrogen) atoms. The summed E-state index contributed by atoms with van der Waals surface area (Å²) in [6, 6.07) is 3.82.